The lowest BCUT2D eigenvalue weighted by Crippen LogP contribution is -2.11. The summed E-state index contributed by atoms with van der Waals surface area (Å²) in [6, 6.07) is 4.78. The molecule has 0 radical (unpaired) electrons. The van der Waals surface area contributed by atoms with E-state index in [-0.39, 0.29) is 11.8 Å². The van der Waals surface area contributed by atoms with Crippen LogP contribution in [0.25, 0.3) is 11.0 Å². The summed E-state index contributed by atoms with van der Waals surface area (Å²) in [5, 5.41) is 10.7. The number of non-ortho nitro benzene ring substituents is 1. The summed E-state index contributed by atoms with van der Waals surface area (Å²) in [6.07, 6.45) is 0.927. The predicted octanol–water partition coefficient (Wildman–Crippen LogP) is 1.52. The van der Waals surface area contributed by atoms with Crippen LogP contribution < -0.4 is 0 Å². The number of nitro groups is 1. The predicted molar refractivity (Wildman–Crippen MR) is 60.9 cm³/mol. The molecule has 1 aromatic heterocycles. The van der Waals surface area contributed by atoms with Crippen LogP contribution in [0.15, 0.2) is 18.2 Å². The summed E-state index contributed by atoms with van der Waals surface area (Å²) in [5.74, 6) is 0.937. The van der Waals surface area contributed by atoms with Gasteiger partial charge < -0.3 is 9.30 Å². The molecule has 2 aromatic rings. The van der Waals surface area contributed by atoms with Gasteiger partial charge in [-0.05, 0) is 6.07 Å². The Bertz CT molecular complexity index is 605. The van der Waals surface area contributed by atoms with E-state index in [1.54, 1.807) is 13.2 Å². The van der Waals surface area contributed by atoms with Crippen molar-refractivity contribution in [3.05, 3.63) is 34.1 Å². The van der Waals surface area contributed by atoms with Crippen LogP contribution in [0, 0.1) is 10.1 Å². The Balaban J connectivity index is 2.10. The number of rotatable bonds is 2. The molecule has 0 saturated heterocycles. The summed E-state index contributed by atoms with van der Waals surface area (Å²) < 4.78 is 7.36. The second-order valence-electron chi connectivity index (χ2n) is 4.13. The fraction of sp³-hybridized carbons (Fsp3) is 0.364. The normalized spacial score (nSPS) is 18.5. The quantitative estimate of drug-likeness (QED) is 0.582. The van der Waals surface area contributed by atoms with E-state index in [2.05, 4.69) is 9.55 Å². The number of ether oxygens (including phenoxy) is 1. The van der Waals surface area contributed by atoms with Crippen molar-refractivity contribution >= 4 is 16.7 Å². The van der Waals surface area contributed by atoms with Gasteiger partial charge in [0, 0.05) is 25.7 Å². The maximum Gasteiger partial charge on any atom is 0.271 e. The van der Waals surface area contributed by atoms with E-state index in [9.17, 15) is 10.1 Å². The monoisotopic (exact) mass is 233 g/mol. The van der Waals surface area contributed by atoms with E-state index >= 15 is 0 Å². The van der Waals surface area contributed by atoms with Gasteiger partial charge in [0.05, 0.1) is 28.6 Å². The molecule has 0 saturated carbocycles. The minimum atomic E-state index is -0.401. The lowest BCUT2D eigenvalue weighted by molar-refractivity contribution is -0.384. The Morgan fingerprint density at radius 3 is 3.12 bits per heavy atom. The molecule has 0 amide bonds. The third-order valence-corrected chi connectivity index (χ3v) is 3.15. The number of benzene rings is 1. The van der Waals surface area contributed by atoms with Crippen molar-refractivity contribution in [2.75, 3.05) is 7.11 Å². The smallest absolute Gasteiger partial charge is 0.271 e. The molecule has 0 spiro atoms. The van der Waals surface area contributed by atoms with Crippen molar-refractivity contribution in [1.29, 1.82) is 0 Å². The number of nitrogens with zero attached hydrogens (tertiary/aromatic N) is 3. The van der Waals surface area contributed by atoms with Gasteiger partial charge in [0.25, 0.3) is 5.69 Å². The Kier molecular flexibility index (Phi) is 2.12. The van der Waals surface area contributed by atoms with E-state index in [1.807, 2.05) is 0 Å². The fourth-order valence-corrected chi connectivity index (χ4v) is 2.27. The van der Waals surface area contributed by atoms with E-state index < -0.39 is 4.92 Å². The molecule has 2 heterocycles. The van der Waals surface area contributed by atoms with Gasteiger partial charge in [-0.15, -0.1) is 0 Å². The topological polar surface area (TPSA) is 70.2 Å². The number of hydrogen-bond donors (Lipinski definition) is 0. The van der Waals surface area contributed by atoms with Crippen LogP contribution in [-0.2, 0) is 17.7 Å². The first-order valence-corrected chi connectivity index (χ1v) is 5.35. The molecule has 88 valence electrons. The van der Waals surface area contributed by atoms with Crippen molar-refractivity contribution in [3.63, 3.8) is 0 Å². The van der Waals surface area contributed by atoms with Crippen molar-refractivity contribution in [2.24, 2.45) is 0 Å². The van der Waals surface area contributed by atoms with Gasteiger partial charge in [0.15, 0.2) is 0 Å². The Morgan fingerprint density at radius 2 is 2.41 bits per heavy atom. The molecule has 17 heavy (non-hydrogen) atoms. The zero-order chi connectivity index (χ0) is 12.0. The van der Waals surface area contributed by atoms with Crippen LogP contribution in [-0.4, -0.2) is 27.7 Å². The fourth-order valence-electron chi connectivity index (χ4n) is 2.27. The van der Waals surface area contributed by atoms with Gasteiger partial charge in [-0.2, -0.15) is 0 Å². The molecule has 0 N–H and O–H groups in total. The van der Waals surface area contributed by atoms with E-state index in [4.69, 9.17) is 4.74 Å². The van der Waals surface area contributed by atoms with E-state index in [1.165, 1.54) is 12.1 Å². The highest BCUT2D eigenvalue weighted by molar-refractivity contribution is 5.79. The lowest BCUT2D eigenvalue weighted by Gasteiger charge is -2.05. The standard InChI is InChI=1S/C11H11N3O3/c1-17-8-5-11-12-9-4-7(14(15)16)2-3-10(9)13(11)6-8/h2-4,8H,5-6H2,1H3. The van der Waals surface area contributed by atoms with E-state index in [0.29, 0.717) is 5.52 Å². The molecular formula is C11H11N3O3. The molecule has 6 nitrogen and oxygen atoms in total. The van der Waals surface area contributed by atoms with Crippen LogP contribution in [0.2, 0.25) is 0 Å². The van der Waals surface area contributed by atoms with Gasteiger partial charge >= 0.3 is 0 Å². The molecule has 1 atom stereocenters. The third-order valence-electron chi connectivity index (χ3n) is 3.15. The van der Waals surface area contributed by atoms with Crippen molar-refractivity contribution in [2.45, 2.75) is 19.1 Å². The van der Waals surface area contributed by atoms with Crippen LogP contribution in [0.5, 0.6) is 0 Å². The second-order valence-corrected chi connectivity index (χ2v) is 4.13. The molecule has 1 aliphatic rings. The summed E-state index contributed by atoms with van der Waals surface area (Å²) in [6.45, 7) is 0.764. The third kappa shape index (κ3) is 1.49. The SMILES string of the molecule is COC1Cc2nc3cc([N+](=O)[O-])ccc3n2C1. The molecule has 3 rings (SSSR count). The maximum atomic E-state index is 10.7. The van der Waals surface area contributed by atoms with Gasteiger partial charge in [-0.1, -0.05) is 0 Å². The molecule has 0 aliphatic carbocycles. The van der Waals surface area contributed by atoms with Gasteiger partial charge in [-0.3, -0.25) is 10.1 Å². The number of fused-ring (bicyclic) bond motifs is 3. The average Bonchev–Trinajstić information content (AvgIpc) is 2.84. The van der Waals surface area contributed by atoms with Crippen molar-refractivity contribution < 1.29 is 9.66 Å². The Labute approximate surface area is 97.0 Å². The van der Waals surface area contributed by atoms with Crippen LogP contribution in [0.3, 0.4) is 0 Å². The van der Waals surface area contributed by atoms with Crippen molar-refractivity contribution in [1.82, 2.24) is 9.55 Å². The Hall–Kier alpha value is -1.95. The number of nitro benzene ring substituents is 1. The molecule has 1 aromatic carbocycles. The number of methoxy groups -OCH3 is 1. The van der Waals surface area contributed by atoms with Crippen LogP contribution in [0.4, 0.5) is 5.69 Å². The molecule has 6 heteroatoms. The van der Waals surface area contributed by atoms with Crippen molar-refractivity contribution in [3.8, 4) is 0 Å². The number of imidazole rings is 1. The lowest BCUT2D eigenvalue weighted by atomic mass is 10.2. The average molecular weight is 233 g/mol. The van der Waals surface area contributed by atoms with Crippen LogP contribution >= 0.6 is 0 Å². The molecular weight excluding hydrogens is 222 g/mol. The number of aromatic nitrogens is 2. The highest BCUT2D eigenvalue weighted by atomic mass is 16.6. The van der Waals surface area contributed by atoms with E-state index in [0.717, 1.165) is 24.3 Å². The summed E-state index contributed by atoms with van der Waals surface area (Å²) in [5.41, 5.74) is 1.70. The number of hydrogen-bond acceptors (Lipinski definition) is 4. The zero-order valence-corrected chi connectivity index (χ0v) is 9.29. The summed E-state index contributed by atoms with van der Waals surface area (Å²) >= 11 is 0. The molecule has 1 unspecified atom stereocenters. The van der Waals surface area contributed by atoms with Gasteiger partial charge in [-0.25, -0.2) is 4.98 Å². The summed E-state index contributed by atoms with van der Waals surface area (Å²) in [4.78, 5) is 14.7. The first kappa shape index (κ1) is 10.2. The second kappa shape index (κ2) is 3.53. The van der Waals surface area contributed by atoms with Crippen LogP contribution in [0.1, 0.15) is 5.82 Å². The van der Waals surface area contributed by atoms with Gasteiger partial charge in [0.2, 0.25) is 0 Å². The highest BCUT2D eigenvalue weighted by Gasteiger charge is 2.25. The largest absolute Gasteiger partial charge is 0.379 e. The minimum absolute atomic E-state index is 0.0811. The maximum absolute atomic E-state index is 10.7. The first-order valence-electron chi connectivity index (χ1n) is 5.35. The summed E-state index contributed by atoms with van der Waals surface area (Å²) in [7, 11) is 1.68. The first-order chi connectivity index (χ1) is 8.19. The molecule has 0 fully saturated rings. The highest BCUT2D eigenvalue weighted by Crippen LogP contribution is 2.26. The minimum Gasteiger partial charge on any atom is -0.379 e. The zero-order valence-electron chi connectivity index (χ0n) is 9.29. The molecule has 0 bridgehead atoms. The van der Waals surface area contributed by atoms with Gasteiger partial charge in [0.1, 0.15) is 5.82 Å². The molecule has 1 aliphatic heterocycles. The Morgan fingerprint density at radius 1 is 1.59 bits per heavy atom.